The molecule has 2 aliphatic rings. The van der Waals surface area contributed by atoms with Crippen LogP contribution < -0.4 is 15.4 Å². The highest BCUT2D eigenvalue weighted by molar-refractivity contribution is 5.99. The van der Waals surface area contributed by atoms with Gasteiger partial charge in [-0.3, -0.25) is 9.59 Å². The zero-order chi connectivity index (χ0) is 25.9. The van der Waals surface area contributed by atoms with Crippen molar-refractivity contribution < 1.29 is 19.4 Å². The Hall–Kier alpha value is -3.64. The second kappa shape index (κ2) is 10.8. The van der Waals surface area contributed by atoms with E-state index in [4.69, 9.17) is 15.6 Å². The Balaban J connectivity index is 1.31. The number of carboxylic acids is 1. The van der Waals surface area contributed by atoms with Crippen LogP contribution in [-0.2, 0) is 9.59 Å². The Morgan fingerprint density at radius 1 is 0.973 bits per heavy atom. The summed E-state index contributed by atoms with van der Waals surface area (Å²) in [4.78, 5) is 26.1. The minimum absolute atomic E-state index is 0.141. The maximum atomic E-state index is 13.3. The number of fused-ring (bicyclic) bond motifs is 1. The number of ether oxygens (including phenoxy) is 1. The summed E-state index contributed by atoms with van der Waals surface area (Å²) in [6.45, 7) is 2.42. The van der Waals surface area contributed by atoms with Crippen molar-refractivity contribution in [3.63, 3.8) is 0 Å². The number of nitrogens with two attached hydrogens (primary N) is 1. The van der Waals surface area contributed by atoms with Gasteiger partial charge in [-0.15, -0.1) is 0 Å². The molecule has 3 N–H and O–H groups in total. The van der Waals surface area contributed by atoms with Gasteiger partial charge in [-0.25, -0.2) is 0 Å². The fraction of sp³-hybridized carbons (Fsp3) is 0.355. The van der Waals surface area contributed by atoms with E-state index in [1.165, 1.54) is 5.56 Å². The van der Waals surface area contributed by atoms with E-state index >= 15 is 0 Å². The summed E-state index contributed by atoms with van der Waals surface area (Å²) in [6, 6.07) is 23.4. The molecule has 0 saturated heterocycles. The summed E-state index contributed by atoms with van der Waals surface area (Å²) < 4.78 is 6.14. The van der Waals surface area contributed by atoms with Gasteiger partial charge in [0.25, 0.3) is 0 Å². The van der Waals surface area contributed by atoms with E-state index < -0.39 is 12.0 Å². The van der Waals surface area contributed by atoms with Gasteiger partial charge in [-0.1, -0.05) is 60.7 Å². The van der Waals surface area contributed by atoms with Crippen LogP contribution in [0.2, 0.25) is 0 Å². The third-order valence-corrected chi connectivity index (χ3v) is 7.73. The van der Waals surface area contributed by atoms with Crippen molar-refractivity contribution in [2.45, 2.75) is 57.1 Å². The topological polar surface area (TPSA) is 92.9 Å². The number of nitrogens with zero attached hydrogens (tertiary/aromatic N) is 1. The van der Waals surface area contributed by atoms with Crippen LogP contribution in [-0.4, -0.2) is 29.6 Å². The van der Waals surface area contributed by atoms with E-state index in [0.29, 0.717) is 24.1 Å². The van der Waals surface area contributed by atoms with E-state index in [0.717, 1.165) is 48.1 Å². The standard InChI is InChI=1S/C31H34N2O4/c1-20-19-33(31(36)30(32)25-5-3-2-4-6-25)27-16-15-26(18-28(27)37-20)24-13-11-23(12-14-24)22-9-7-21(8-10-22)17-29(34)35/h2-6,11-16,18,20-22,30H,7-10,17,19,32H2,1H3,(H,34,35)/t20?,21-,22-,30-/m1/s1. The lowest BCUT2D eigenvalue weighted by molar-refractivity contribution is -0.138. The van der Waals surface area contributed by atoms with Crippen LogP contribution in [0, 0.1) is 5.92 Å². The third kappa shape index (κ3) is 5.54. The number of hydrogen-bond donors (Lipinski definition) is 2. The van der Waals surface area contributed by atoms with Gasteiger partial charge in [-0.05, 0) is 78.8 Å². The molecule has 5 rings (SSSR count). The number of aliphatic carboxylic acids is 1. The van der Waals surface area contributed by atoms with Crippen LogP contribution in [0.1, 0.15) is 62.1 Å². The van der Waals surface area contributed by atoms with Gasteiger partial charge < -0.3 is 20.5 Å². The molecule has 6 nitrogen and oxygen atoms in total. The van der Waals surface area contributed by atoms with Crippen molar-refractivity contribution >= 4 is 17.6 Å². The second-order valence-electron chi connectivity index (χ2n) is 10.4. The highest BCUT2D eigenvalue weighted by Gasteiger charge is 2.31. The molecule has 0 bridgehead atoms. The molecular weight excluding hydrogens is 464 g/mol. The van der Waals surface area contributed by atoms with Crippen molar-refractivity contribution in [2.75, 3.05) is 11.4 Å². The first-order chi connectivity index (χ1) is 17.9. The van der Waals surface area contributed by atoms with Gasteiger partial charge in [0.05, 0.1) is 12.2 Å². The fourth-order valence-electron chi connectivity index (χ4n) is 5.69. The normalized spacial score (nSPS) is 22.0. The number of carbonyl (C=O) groups is 2. The van der Waals surface area contributed by atoms with E-state index in [2.05, 4.69) is 24.3 Å². The Labute approximate surface area is 218 Å². The number of carbonyl (C=O) groups excluding carboxylic acids is 1. The number of amides is 1. The minimum atomic E-state index is -0.731. The van der Waals surface area contributed by atoms with Crippen LogP contribution in [0.5, 0.6) is 5.75 Å². The number of rotatable bonds is 6. The molecule has 1 amide bonds. The Kier molecular flexibility index (Phi) is 7.28. The van der Waals surface area contributed by atoms with Crippen LogP contribution in [0.15, 0.2) is 72.8 Å². The van der Waals surface area contributed by atoms with Crippen molar-refractivity contribution in [3.05, 3.63) is 83.9 Å². The number of anilines is 1. The van der Waals surface area contributed by atoms with Crippen LogP contribution in [0.3, 0.4) is 0 Å². The van der Waals surface area contributed by atoms with Gasteiger partial charge in [0.2, 0.25) is 5.91 Å². The lowest BCUT2D eigenvalue weighted by atomic mass is 9.77. The molecule has 1 saturated carbocycles. The molecule has 192 valence electrons. The first kappa shape index (κ1) is 25.0. The quantitative estimate of drug-likeness (QED) is 0.440. The van der Waals surface area contributed by atoms with E-state index in [-0.39, 0.29) is 18.4 Å². The summed E-state index contributed by atoms with van der Waals surface area (Å²) in [5, 5.41) is 9.06. The highest BCUT2D eigenvalue weighted by atomic mass is 16.5. The molecule has 1 heterocycles. The molecule has 1 aliphatic heterocycles. The van der Waals surface area contributed by atoms with Gasteiger partial charge in [0.15, 0.2) is 0 Å². The predicted molar refractivity (Wildman–Crippen MR) is 145 cm³/mol. The minimum Gasteiger partial charge on any atom is -0.487 e. The summed E-state index contributed by atoms with van der Waals surface area (Å²) in [5.74, 6) is 0.644. The monoisotopic (exact) mass is 498 g/mol. The maximum absolute atomic E-state index is 13.3. The van der Waals surface area contributed by atoms with E-state index in [1.807, 2.05) is 55.5 Å². The molecule has 0 spiro atoms. The zero-order valence-corrected chi connectivity index (χ0v) is 21.2. The Bertz CT molecular complexity index is 1250. The molecule has 2 atom stereocenters. The van der Waals surface area contributed by atoms with Crippen molar-refractivity contribution in [3.8, 4) is 16.9 Å². The number of carboxylic acid groups (broad SMARTS) is 1. The smallest absolute Gasteiger partial charge is 0.303 e. The third-order valence-electron chi connectivity index (χ3n) is 7.73. The second-order valence-corrected chi connectivity index (χ2v) is 10.4. The SMILES string of the molecule is CC1CN(C(=O)[C@H](N)c2ccccc2)c2ccc(-c3ccc([C@H]4CC[C@H](CC(=O)O)CC4)cc3)cc2O1. The number of benzene rings is 3. The van der Waals surface area contributed by atoms with Gasteiger partial charge in [0.1, 0.15) is 17.9 Å². The molecule has 1 unspecified atom stereocenters. The fourth-order valence-corrected chi connectivity index (χ4v) is 5.69. The van der Waals surface area contributed by atoms with E-state index in [9.17, 15) is 9.59 Å². The molecule has 0 aromatic heterocycles. The Morgan fingerprint density at radius 2 is 1.65 bits per heavy atom. The average Bonchev–Trinajstić information content (AvgIpc) is 2.92. The van der Waals surface area contributed by atoms with Gasteiger partial charge in [0, 0.05) is 6.42 Å². The summed E-state index contributed by atoms with van der Waals surface area (Å²) in [6.07, 6.45) is 4.16. The first-order valence-corrected chi connectivity index (χ1v) is 13.1. The predicted octanol–water partition coefficient (Wildman–Crippen LogP) is 5.92. The van der Waals surface area contributed by atoms with Crippen molar-refractivity contribution in [1.29, 1.82) is 0 Å². The molecule has 1 aliphatic carbocycles. The average molecular weight is 499 g/mol. The van der Waals surface area contributed by atoms with E-state index in [1.54, 1.807) is 4.90 Å². The molecule has 3 aromatic rings. The number of hydrogen-bond acceptors (Lipinski definition) is 4. The summed E-state index contributed by atoms with van der Waals surface area (Å²) in [7, 11) is 0. The highest BCUT2D eigenvalue weighted by Crippen LogP contribution is 2.40. The van der Waals surface area contributed by atoms with Gasteiger partial charge >= 0.3 is 5.97 Å². The van der Waals surface area contributed by atoms with Crippen LogP contribution in [0.4, 0.5) is 5.69 Å². The zero-order valence-electron chi connectivity index (χ0n) is 21.2. The summed E-state index contributed by atoms with van der Waals surface area (Å²) >= 11 is 0. The lowest BCUT2D eigenvalue weighted by Gasteiger charge is -2.35. The molecule has 37 heavy (non-hydrogen) atoms. The Morgan fingerprint density at radius 3 is 2.32 bits per heavy atom. The van der Waals surface area contributed by atoms with Gasteiger partial charge in [-0.2, -0.15) is 0 Å². The molecule has 0 radical (unpaired) electrons. The molecule has 1 fully saturated rings. The lowest BCUT2D eigenvalue weighted by Crippen LogP contribution is -2.46. The molecule has 6 heteroatoms. The largest absolute Gasteiger partial charge is 0.487 e. The van der Waals surface area contributed by atoms with Crippen LogP contribution in [0.25, 0.3) is 11.1 Å². The summed E-state index contributed by atoms with van der Waals surface area (Å²) in [5.41, 5.74) is 11.3. The molecule has 3 aromatic carbocycles. The molecular formula is C31H34N2O4. The van der Waals surface area contributed by atoms with Crippen molar-refractivity contribution in [2.24, 2.45) is 11.7 Å². The maximum Gasteiger partial charge on any atom is 0.303 e. The first-order valence-electron chi connectivity index (χ1n) is 13.1. The van der Waals surface area contributed by atoms with Crippen molar-refractivity contribution in [1.82, 2.24) is 0 Å². The van der Waals surface area contributed by atoms with Crippen LogP contribution >= 0.6 is 0 Å².